The Morgan fingerprint density at radius 1 is 1.03 bits per heavy atom. The first-order chi connectivity index (χ1) is 13.8. The van der Waals surface area contributed by atoms with Crippen molar-refractivity contribution in [1.29, 1.82) is 0 Å². The third-order valence-electron chi connectivity index (χ3n) is 4.26. The van der Waals surface area contributed by atoms with E-state index >= 15 is 0 Å². The van der Waals surface area contributed by atoms with Gasteiger partial charge in [-0.1, -0.05) is 24.3 Å². The summed E-state index contributed by atoms with van der Waals surface area (Å²) in [5, 5.41) is 2.64. The van der Waals surface area contributed by atoms with Crippen LogP contribution < -0.4 is 10.1 Å². The maximum atomic E-state index is 14.4. The zero-order valence-corrected chi connectivity index (χ0v) is 15.2. The van der Waals surface area contributed by atoms with Gasteiger partial charge in [-0.15, -0.1) is 0 Å². The molecule has 0 radical (unpaired) electrons. The number of amides is 1. The number of pyridine rings is 1. The molecule has 2 aromatic carbocycles. The lowest BCUT2D eigenvalue weighted by Gasteiger charge is -2.20. The predicted molar refractivity (Wildman–Crippen MR) is 97.9 cm³/mol. The summed E-state index contributed by atoms with van der Waals surface area (Å²) in [6.45, 7) is 0. The molecule has 0 saturated carbocycles. The molecule has 0 unspecified atom stereocenters. The summed E-state index contributed by atoms with van der Waals surface area (Å²) in [5.74, 6) is -0.979. The molecule has 0 bridgehead atoms. The molecule has 0 aliphatic heterocycles. The van der Waals surface area contributed by atoms with E-state index in [-0.39, 0.29) is 16.8 Å². The van der Waals surface area contributed by atoms with Gasteiger partial charge in [0.1, 0.15) is 17.3 Å². The van der Waals surface area contributed by atoms with Gasteiger partial charge >= 0.3 is 6.18 Å². The number of rotatable bonds is 5. The standard InChI is InChI=1S/C21H16F4N2O2/c1-29-17-7-3-2-5-15(17)20(28)27-18(19-16(22)6-4-12-26-19)13-8-10-14(11-9-13)21(23,24)25/h2-12,18H,1H3,(H,27,28)/t18-/m0/s1. The van der Waals surface area contributed by atoms with Crippen molar-refractivity contribution >= 4 is 5.91 Å². The van der Waals surface area contributed by atoms with Gasteiger partial charge in [0.05, 0.1) is 24.3 Å². The van der Waals surface area contributed by atoms with Gasteiger partial charge < -0.3 is 10.1 Å². The highest BCUT2D eigenvalue weighted by Gasteiger charge is 2.31. The van der Waals surface area contributed by atoms with Gasteiger partial charge in [-0.3, -0.25) is 9.78 Å². The molecule has 1 atom stereocenters. The Hall–Kier alpha value is -3.42. The lowest BCUT2D eigenvalue weighted by Crippen LogP contribution is -2.31. The van der Waals surface area contributed by atoms with E-state index < -0.39 is 29.5 Å². The number of methoxy groups -OCH3 is 1. The quantitative estimate of drug-likeness (QED) is 0.624. The van der Waals surface area contributed by atoms with Crippen LogP contribution in [0.2, 0.25) is 0 Å². The van der Waals surface area contributed by atoms with Crippen LogP contribution in [0, 0.1) is 5.82 Å². The van der Waals surface area contributed by atoms with E-state index in [1.807, 2.05) is 0 Å². The molecule has 0 fully saturated rings. The average molecular weight is 404 g/mol. The molecule has 1 aromatic heterocycles. The van der Waals surface area contributed by atoms with Gasteiger partial charge in [0, 0.05) is 6.20 Å². The molecule has 1 N–H and O–H groups in total. The molecule has 0 saturated heterocycles. The predicted octanol–water partition coefficient (Wildman–Crippen LogP) is 4.77. The molecule has 0 spiro atoms. The average Bonchev–Trinajstić information content (AvgIpc) is 2.72. The van der Waals surface area contributed by atoms with Crippen LogP contribution in [0.5, 0.6) is 5.75 Å². The van der Waals surface area contributed by atoms with Gasteiger partial charge in [-0.2, -0.15) is 13.2 Å². The molecule has 1 heterocycles. The minimum absolute atomic E-state index is 0.115. The number of carbonyl (C=O) groups excluding carboxylic acids is 1. The minimum atomic E-state index is -4.51. The second kappa shape index (κ2) is 8.30. The SMILES string of the molecule is COc1ccccc1C(=O)N[C@@H](c1ccc(C(F)(F)F)cc1)c1ncccc1F. The molecular weight excluding hydrogens is 388 g/mol. The Kier molecular flexibility index (Phi) is 5.81. The number of hydrogen-bond donors (Lipinski definition) is 1. The van der Waals surface area contributed by atoms with Crippen LogP contribution in [0.3, 0.4) is 0 Å². The van der Waals surface area contributed by atoms with E-state index in [0.717, 1.165) is 18.2 Å². The zero-order chi connectivity index (χ0) is 21.0. The molecule has 0 aliphatic rings. The topological polar surface area (TPSA) is 51.2 Å². The van der Waals surface area contributed by atoms with Crippen LogP contribution in [-0.2, 0) is 6.18 Å². The van der Waals surface area contributed by atoms with E-state index in [0.29, 0.717) is 5.75 Å². The Morgan fingerprint density at radius 3 is 2.34 bits per heavy atom. The van der Waals surface area contributed by atoms with Crippen LogP contribution in [0.1, 0.15) is 33.2 Å². The molecule has 3 rings (SSSR count). The molecular formula is C21H16F4N2O2. The summed E-state index contributed by atoms with van der Waals surface area (Å²) in [7, 11) is 1.40. The third kappa shape index (κ3) is 4.53. The zero-order valence-electron chi connectivity index (χ0n) is 15.2. The summed E-state index contributed by atoms with van der Waals surface area (Å²) < 4.78 is 58.1. The lowest BCUT2D eigenvalue weighted by molar-refractivity contribution is -0.137. The lowest BCUT2D eigenvalue weighted by atomic mass is 10.00. The number of para-hydroxylation sites is 1. The number of nitrogens with zero attached hydrogens (tertiary/aromatic N) is 1. The first kappa shape index (κ1) is 20.3. The largest absolute Gasteiger partial charge is 0.496 e. The minimum Gasteiger partial charge on any atom is -0.496 e. The number of halogens is 4. The normalized spacial score (nSPS) is 12.3. The second-order valence-electron chi connectivity index (χ2n) is 6.10. The smallest absolute Gasteiger partial charge is 0.416 e. The number of alkyl halides is 3. The van der Waals surface area contributed by atoms with Gasteiger partial charge in [-0.25, -0.2) is 4.39 Å². The Balaban J connectivity index is 2.00. The van der Waals surface area contributed by atoms with Crippen molar-refractivity contribution in [3.63, 3.8) is 0 Å². The molecule has 29 heavy (non-hydrogen) atoms. The van der Waals surface area contributed by atoms with Crippen molar-refractivity contribution < 1.29 is 27.1 Å². The van der Waals surface area contributed by atoms with Crippen molar-refractivity contribution in [1.82, 2.24) is 10.3 Å². The van der Waals surface area contributed by atoms with Crippen LogP contribution in [0.25, 0.3) is 0 Å². The van der Waals surface area contributed by atoms with Crippen molar-refractivity contribution in [3.05, 3.63) is 95.1 Å². The van der Waals surface area contributed by atoms with Crippen molar-refractivity contribution in [2.24, 2.45) is 0 Å². The van der Waals surface area contributed by atoms with E-state index in [2.05, 4.69) is 10.3 Å². The summed E-state index contributed by atoms with van der Waals surface area (Å²) in [6.07, 6.45) is -3.17. The van der Waals surface area contributed by atoms with Crippen LogP contribution in [-0.4, -0.2) is 18.0 Å². The highest BCUT2D eigenvalue weighted by atomic mass is 19.4. The number of ether oxygens (including phenoxy) is 1. The fraction of sp³-hybridized carbons (Fsp3) is 0.143. The number of aromatic nitrogens is 1. The Bertz CT molecular complexity index is 1000. The summed E-state index contributed by atoms with van der Waals surface area (Å²) >= 11 is 0. The van der Waals surface area contributed by atoms with Gasteiger partial charge in [0.15, 0.2) is 0 Å². The van der Waals surface area contributed by atoms with Crippen molar-refractivity contribution in [3.8, 4) is 5.75 Å². The number of hydrogen-bond acceptors (Lipinski definition) is 3. The second-order valence-corrected chi connectivity index (χ2v) is 6.10. The van der Waals surface area contributed by atoms with Crippen LogP contribution in [0.4, 0.5) is 17.6 Å². The van der Waals surface area contributed by atoms with E-state index in [1.165, 1.54) is 37.6 Å². The van der Waals surface area contributed by atoms with Crippen molar-refractivity contribution in [2.75, 3.05) is 7.11 Å². The fourth-order valence-corrected chi connectivity index (χ4v) is 2.83. The summed E-state index contributed by atoms with van der Waals surface area (Å²) in [6, 6.07) is 12.0. The van der Waals surface area contributed by atoms with Crippen LogP contribution in [0.15, 0.2) is 66.9 Å². The molecule has 1 amide bonds. The summed E-state index contributed by atoms with van der Waals surface area (Å²) in [4.78, 5) is 16.8. The summed E-state index contributed by atoms with van der Waals surface area (Å²) in [5.41, 5.74) is -0.518. The molecule has 4 nitrogen and oxygen atoms in total. The number of benzene rings is 2. The first-order valence-corrected chi connectivity index (χ1v) is 8.52. The maximum Gasteiger partial charge on any atom is 0.416 e. The van der Waals surface area contributed by atoms with Gasteiger partial charge in [0.2, 0.25) is 0 Å². The maximum absolute atomic E-state index is 14.4. The fourth-order valence-electron chi connectivity index (χ4n) is 2.83. The highest BCUT2D eigenvalue weighted by molar-refractivity contribution is 5.97. The van der Waals surface area contributed by atoms with Gasteiger partial charge in [0.25, 0.3) is 5.91 Å². The highest BCUT2D eigenvalue weighted by Crippen LogP contribution is 2.31. The number of nitrogens with one attached hydrogen (secondary N) is 1. The van der Waals surface area contributed by atoms with Crippen molar-refractivity contribution in [2.45, 2.75) is 12.2 Å². The van der Waals surface area contributed by atoms with E-state index in [1.54, 1.807) is 18.2 Å². The van der Waals surface area contributed by atoms with Crippen LogP contribution >= 0.6 is 0 Å². The number of carbonyl (C=O) groups is 1. The van der Waals surface area contributed by atoms with E-state index in [4.69, 9.17) is 4.74 Å². The Labute approximate surface area is 164 Å². The monoisotopic (exact) mass is 404 g/mol. The Morgan fingerprint density at radius 2 is 1.72 bits per heavy atom. The molecule has 3 aromatic rings. The first-order valence-electron chi connectivity index (χ1n) is 8.52. The third-order valence-corrected chi connectivity index (χ3v) is 4.26. The van der Waals surface area contributed by atoms with Gasteiger partial charge in [-0.05, 0) is 42.0 Å². The molecule has 0 aliphatic carbocycles. The molecule has 8 heteroatoms. The molecule has 150 valence electrons. The van der Waals surface area contributed by atoms with E-state index in [9.17, 15) is 22.4 Å².